The first-order valence-electron chi connectivity index (χ1n) is 6.59. The molecule has 0 saturated carbocycles. The maximum atomic E-state index is 9.82. The second kappa shape index (κ2) is 8.24. The summed E-state index contributed by atoms with van der Waals surface area (Å²) >= 11 is 11.7. The van der Waals surface area contributed by atoms with E-state index in [1.807, 2.05) is 16.9 Å². The number of hydrogen-bond donors (Lipinski definition) is 2. The smallest absolute Gasteiger partial charge is 0.121 e. The highest BCUT2D eigenvalue weighted by molar-refractivity contribution is 6.42. The molecular formula is C14H17Cl2N3O2. The number of ether oxygens (including phenoxy) is 1. The minimum atomic E-state index is -0.600. The van der Waals surface area contributed by atoms with Crippen LogP contribution in [0.3, 0.4) is 0 Å². The predicted molar refractivity (Wildman–Crippen MR) is 83.1 cm³/mol. The Hall–Kier alpha value is -1.27. The highest BCUT2D eigenvalue weighted by Crippen LogP contribution is 2.26. The first kappa shape index (κ1) is 16.1. The lowest BCUT2D eigenvalue weighted by atomic mass is 10.3. The van der Waals surface area contributed by atoms with Crippen LogP contribution in [0, 0.1) is 0 Å². The van der Waals surface area contributed by atoms with Crippen molar-refractivity contribution in [1.82, 2.24) is 15.1 Å². The van der Waals surface area contributed by atoms with Gasteiger partial charge in [0.2, 0.25) is 0 Å². The summed E-state index contributed by atoms with van der Waals surface area (Å²) in [6.45, 7) is 2.12. The number of aliphatic hydroxyl groups excluding tert-OH is 1. The number of benzene rings is 1. The molecule has 1 aromatic carbocycles. The zero-order valence-corrected chi connectivity index (χ0v) is 12.9. The first-order valence-corrected chi connectivity index (χ1v) is 7.35. The molecule has 1 heterocycles. The summed E-state index contributed by atoms with van der Waals surface area (Å²) in [6, 6.07) is 6.88. The molecule has 0 saturated heterocycles. The Kier molecular flexibility index (Phi) is 6.32. The van der Waals surface area contributed by atoms with E-state index in [-0.39, 0.29) is 6.61 Å². The Balaban J connectivity index is 1.62. The molecule has 0 amide bonds. The van der Waals surface area contributed by atoms with E-state index in [0.29, 0.717) is 22.3 Å². The minimum absolute atomic E-state index is 0.187. The summed E-state index contributed by atoms with van der Waals surface area (Å²) < 4.78 is 7.28. The molecule has 21 heavy (non-hydrogen) atoms. The van der Waals surface area contributed by atoms with Gasteiger partial charge in [-0.3, -0.25) is 4.68 Å². The van der Waals surface area contributed by atoms with Gasteiger partial charge >= 0.3 is 0 Å². The number of rotatable bonds is 8. The molecule has 7 heteroatoms. The van der Waals surface area contributed by atoms with Gasteiger partial charge in [0, 0.05) is 31.5 Å². The average Bonchev–Trinajstić information content (AvgIpc) is 2.98. The molecular weight excluding hydrogens is 313 g/mol. The molecule has 2 rings (SSSR count). The van der Waals surface area contributed by atoms with Gasteiger partial charge in [0.1, 0.15) is 18.5 Å². The molecule has 0 radical (unpaired) electrons. The lowest BCUT2D eigenvalue weighted by molar-refractivity contribution is 0.106. The van der Waals surface area contributed by atoms with Crippen molar-refractivity contribution in [3.05, 3.63) is 46.7 Å². The van der Waals surface area contributed by atoms with Crippen molar-refractivity contribution in [3.63, 3.8) is 0 Å². The van der Waals surface area contributed by atoms with Crippen LogP contribution in [-0.4, -0.2) is 40.7 Å². The van der Waals surface area contributed by atoms with E-state index in [1.165, 1.54) is 0 Å². The van der Waals surface area contributed by atoms with E-state index in [4.69, 9.17) is 27.9 Å². The summed E-state index contributed by atoms with van der Waals surface area (Å²) in [7, 11) is 0. The van der Waals surface area contributed by atoms with Gasteiger partial charge in [0.15, 0.2) is 0 Å². The van der Waals surface area contributed by atoms with Crippen LogP contribution in [-0.2, 0) is 6.54 Å². The summed E-state index contributed by atoms with van der Waals surface area (Å²) in [5.74, 6) is 0.583. The van der Waals surface area contributed by atoms with Crippen molar-refractivity contribution in [2.75, 3.05) is 19.7 Å². The van der Waals surface area contributed by atoms with Crippen molar-refractivity contribution in [2.45, 2.75) is 12.6 Å². The largest absolute Gasteiger partial charge is 0.491 e. The van der Waals surface area contributed by atoms with E-state index in [1.54, 1.807) is 24.4 Å². The quantitative estimate of drug-likeness (QED) is 0.729. The first-order chi connectivity index (χ1) is 10.1. The van der Waals surface area contributed by atoms with Crippen LogP contribution in [0.4, 0.5) is 0 Å². The number of hydrogen-bond acceptors (Lipinski definition) is 4. The predicted octanol–water partition coefficient (Wildman–Crippen LogP) is 2.22. The SMILES string of the molecule is OC(CNCCn1cccn1)COc1ccc(Cl)c(Cl)c1. The van der Waals surface area contributed by atoms with Crippen LogP contribution in [0.5, 0.6) is 5.75 Å². The van der Waals surface area contributed by atoms with Crippen molar-refractivity contribution < 1.29 is 9.84 Å². The van der Waals surface area contributed by atoms with E-state index >= 15 is 0 Å². The summed E-state index contributed by atoms with van der Waals surface area (Å²) in [4.78, 5) is 0. The van der Waals surface area contributed by atoms with Gasteiger partial charge in [-0.05, 0) is 18.2 Å². The van der Waals surface area contributed by atoms with Crippen LogP contribution < -0.4 is 10.1 Å². The van der Waals surface area contributed by atoms with Crippen molar-refractivity contribution in [1.29, 1.82) is 0 Å². The van der Waals surface area contributed by atoms with Crippen LogP contribution in [0.2, 0.25) is 10.0 Å². The number of aromatic nitrogens is 2. The van der Waals surface area contributed by atoms with Crippen molar-refractivity contribution in [3.8, 4) is 5.75 Å². The number of aliphatic hydroxyl groups is 1. The normalized spacial score (nSPS) is 12.3. The van der Waals surface area contributed by atoms with Gasteiger partial charge in [-0.25, -0.2) is 0 Å². The molecule has 1 aromatic heterocycles. The molecule has 5 nitrogen and oxygen atoms in total. The zero-order valence-electron chi connectivity index (χ0n) is 11.4. The van der Waals surface area contributed by atoms with Gasteiger partial charge in [-0.1, -0.05) is 23.2 Å². The number of halogens is 2. The summed E-state index contributed by atoms with van der Waals surface area (Å²) in [5.41, 5.74) is 0. The topological polar surface area (TPSA) is 59.3 Å². The summed E-state index contributed by atoms with van der Waals surface area (Å²) in [5, 5.41) is 18.0. The molecule has 114 valence electrons. The third-order valence-electron chi connectivity index (χ3n) is 2.79. The van der Waals surface area contributed by atoms with Gasteiger partial charge in [0.25, 0.3) is 0 Å². The van der Waals surface area contributed by atoms with Gasteiger partial charge in [-0.2, -0.15) is 5.10 Å². The van der Waals surface area contributed by atoms with Crippen LogP contribution >= 0.6 is 23.2 Å². The Morgan fingerprint density at radius 1 is 1.33 bits per heavy atom. The molecule has 0 aliphatic carbocycles. The Morgan fingerprint density at radius 3 is 2.90 bits per heavy atom. The third kappa shape index (κ3) is 5.55. The fraction of sp³-hybridized carbons (Fsp3) is 0.357. The van der Waals surface area contributed by atoms with Crippen LogP contribution in [0.25, 0.3) is 0 Å². The second-order valence-corrected chi connectivity index (χ2v) is 5.33. The van der Waals surface area contributed by atoms with Crippen LogP contribution in [0.15, 0.2) is 36.7 Å². The number of nitrogens with one attached hydrogen (secondary N) is 1. The maximum absolute atomic E-state index is 9.82. The van der Waals surface area contributed by atoms with Gasteiger partial charge in [0.05, 0.1) is 16.6 Å². The number of nitrogens with zero attached hydrogens (tertiary/aromatic N) is 2. The molecule has 0 aliphatic rings. The van der Waals surface area contributed by atoms with Crippen molar-refractivity contribution >= 4 is 23.2 Å². The lowest BCUT2D eigenvalue weighted by Gasteiger charge is -2.13. The molecule has 0 spiro atoms. The van der Waals surface area contributed by atoms with E-state index in [2.05, 4.69) is 10.4 Å². The second-order valence-electron chi connectivity index (χ2n) is 4.51. The highest BCUT2D eigenvalue weighted by Gasteiger charge is 2.06. The molecule has 0 fully saturated rings. The molecule has 0 aliphatic heterocycles. The third-order valence-corrected chi connectivity index (χ3v) is 3.53. The lowest BCUT2D eigenvalue weighted by Crippen LogP contribution is -2.33. The average molecular weight is 330 g/mol. The summed E-state index contributed by atoms with van der Waals surface area (Å²) in [6.07, 6.45) is 3.03. The molecule has 2 N–H and O–H groups in total. The van der Waals surface area contributed by atoms with Gasteiger partial charge in [-0.15, -0.1) is 0 Å². The monoisotopic (exact) mass is 329 g/mol. The molecule has 2 aromatic rings. The Labute approximate surface area is 133 Å². The van der Waals surface area contributed by atoms with Gasteiger partial charge < -0.3 is 15.2 Å². The van der Waals surface area contributed by atoms with E-state index in [9.17, 15) is 5.11 Å². The Bertz CT molecular complexity index is 549. The highest BCUT2D eigenvalue weighted by atomic mass is 35.5. The fourth-order valence-corrected chi connectivity index (χ4v) is 2.00. The van der Waals surface area contributed by atoms with Crippen LogP contribution in [0.1, 0.15) is 0 Å². The molecule has 1 atom stereocenters. The fourth-order valence-electron chi connectivity index (χ4n) is 1.71. The van der Waals surface area contributed by atoms with Crippen molar-refractivity contribution in [2.24, 2.45) is 0 Å². The molecule has 1 unspecified atom stereocenters. The minimum Gasteiger partial charge on any atom is -0.491 e. The van der Waals surface area contributed by atoms with E-state index < -0.39 is 6.10 Å². The maximum Gasteiger partial charge on any atom is 0.121 e. The zero-order chi connectivity index (χ0) is 15.1. The van der Waals surface area contributed by atoms with E-state index in [0.717, 1.165) is 13.1 Å². The Morgan fingerprint density at radius 2 is 2.19 bits per heavy atom. The standard InChI is InChI=1S/C14H17Cl2N3O2/c15-13-3-2-12(8-14(13)16)21-10-11(20)9-17-5-7-19-6-1-4-18-19/h1-4,6,8,11,17,20H,5,7,9-10H2. The molecule has 0 bridgehead atoms.